The highest BCUT2D eigenvalue weighted by atomic mass is 32.1. The molecule has 2 aromatic heterocycles. The zero-order valence-corrected chi connectivity index (χ0v) is 18.3. The van der Waals surface area contributed by atoms with Gasteiger partial charge in [-0.3, -0.25) is 4.79 Å². The molecule has 1 N–H and O–H groups in total. The fraction of sp³-hybridized carbons (Fsp3) is 0.292. The van der Waals surface area contributed by atoms with Crippen LogP contribution >= 0.6 is 22.7 Å². The van der Waals surface area contributed by atoms with E-state index < -0.39 is 0 Å². The smallest absolute Gasteiger partial charge is 0.226 e. The fourth-order valence-electron chi connectivity index (χ4n) is 4.28. The first-order chi connectivity index (χ1) is 14.7. The highest BCUT2D eigenvalue weighted by molar-refractivity contribution is 7.18. The first kappa shape index (κ1) is 19.4. The predicted molar refractivity (Wildman–Crippen MR) is 124 cm³/mol. The molecule has 1 fully saturated rings. The van der Waals surface area contributed by atoms with Crippen LogP contribution in [-0.2, 0) is 17.8 Å². The Bertz CT molecular complexity index is 1130. The number of rotatable bonds is 6. The van der Waals surface area contributed by atoms with Crippen LogP contribution in [0.1, 0.15) is 36.4 Å². The van der Waals surface area contributed by atoms with Gasteiger partial charge in [-0.1, -0.05) is 55.3 Å². The van der Waals surface area contributed by atoms with Crippen LogP contribution in [0, 0.1) is 5.41 Å². The topological polar surface area (TPSA) is 54.9 Å². The zero-order chi connectivity index (χ0) is 20.4. The molecule has 0 saturated heterocycles. The van der Waals surface area contributed by atoms with E-state index in [9.17, 15) is 4.79 Å². The van der Waals surface area contributed by atoms with Crippen molar-refractivity contribution in [1.29, 1.82) is 0 Å². The third kappa shape index (κ3) is 3.89. The van der Waals surface area contributed by atoms with Crippen molar-refractivity contribution in [3.8, 4) is 10.6 Å². The molecule has 0 aliphatic heterocycles. The number of carbonyl (C=O) groups is 1. The number of para-hydroxylation sites is 1. The Labute approximate surface area is 184 Å². The minimum absolute atomic E-state index is 0.147. The van der Waals surface area contributed by atoms with Crippen molar-refractivity contribution in [2.75, 3.05) is 0 Å². The van der Waals surface area contributed by atoms with E-state index in [0.717, 1.165) is 58.9 Å². The van der Waals surface area contributed by atoms with Crippen LogP contribution in [0.2, 0.25) is 0 Å². The van der Waals surface area contributed by atoms with Crippen molar-refractivity contribution in [1.82, 2.24) is 15.3 Å². The lowest BCUT2D eigenvalue weighted by molar-refractivity contribution is -0.131. The molecule has 6 heteroatoms. The number of amides is 1. The molecule has 1 aliphatic rings. The van der Waals surface area contributed by atoms with Gasteiger partial charge < -0.3 is 5.32 Å². The number of thiazole rings is 2. The molecule has 0 radical (unpaired) electrons. The largest absolute Gasteiger partial charge is 0.350 e. The van der Waals surface area contributed by atoms with E-state index in [1.807, 2.05) is 41.8 Å². The molecule has 0 atom stereocenters. The average Bonchev–Trinajstić information content (AvgIpc) is 3.52. The van der Waals surface area contributed by atoms with E-state index in [-0.39, 0.29) is 11.3 Å². The Morgan fingerprint density at radius 3 is 2.57 bits per heavy atom. The molecule has 5 rings (SSSR count). The molecular weight excluding hydrogens is 410 g/mol. The Morgan fingerprint density at radius 2 is 1.77 bits per heavy atom. The SMILES string of the molecule is O=C(NCc1csc(-c2ccccc2)n1)C1(Cc2nc3ccccc3s2)CCCC1. The molecule has 1 aliphatic carbocycles. The number of aromatic nitrogens is 2. The van der Waals surface area contributed by atoms with Gasteiger partial charge in [0.05, 0.1) is 32.9 Å². The predicted octanol–water partition coefficient (Wildman–Crippen LogP) is 5.84. The lowest BCUT2D eigenvalue weighted by atomic mass is 9.82. The number of nitrogens with one attached hydrogen (secondary N) is 1. The summed E-state index contributed by atoms with van der Waals surface area (Å²) in [5.74, 6) is 0.147. The van der Waals surface area contributed by atoms with Crippen molar-refractivity contribution in [2.45, 2.75) is 38.6 Å². The van der Waals surface area contributed by atoms with E-state index >= 15 is 0 Å². The summed E-state index contributed by atoms with van der Waals surface area (Å²) in [7, 11) is 0. The number of benzene rings is 2. The summed E-state index contributed by atoms with van der Waals surface area (Å²) in [4.78, 5) is 22.8. The molecule has 4 aromatic rings. The number of nitrogens with zero attached hydrogens (tertiary/aromatic N) is 2. The maximum absolute atomic E-state index is 13.3. The Hall–Kier alpha value is -2.57. The van der Waals surface area contributed by atoms with Gasteiger partial charge in [-0.15, -0.1) is 22.7 Å². The van der Waals surface area contributed by atoms with Crippen molar-refractivity contribution < 1.29 is 4.79 Å². The second-order valence-electron chi connectivity index (χ2n) is 7.93. The zero-order valence-electron chi connectivity index (χ0n) is 16.6. The van der Waals surface area contributed by atoms with E-state index in [4.69, 9.17) is 9.97 Å². The number of hydrogen-bond acceptors (Lipinski definition) is 5. The number of hydrogen-bond donors (Lipinski definition) is 1. The van der Waals surface area contributed by atoms with Crippen LogP contribution in [0.3, 0.4) is 0 Å². The molecule has 2 aromatic carbocycles. The van der Waals surface area contributed by atoms with Gasteiger partial charge in [-0.25, -0.2) is 9.97 Å². The summed E-state index contributed by atoms with van der Waals surface area (Å²) in [6, 6.07) is 18.4. The van der Waals surface area contributed by atoms with Gasteiger partial charge in [0.2, 0.25) is 5.91 Å². The average molecular weight is 434 g/mol. The maximum atomic E-state index is 13.3. The van der Waals surface area contributed by atoms with E-state index in [1.165, 1.54) is 4.70 Å². The first-order valence-electron chi connectivity index (χ1n) is 10.3. The Kier molecular flexibility index (Phi) is 5.35. The normalized spacial score (nSPS) is 15.5. The third-order valence-electron chi connectivity index (χ3n) is 5.87. The lowest BCUT2D eigenvalue weighted by Crippen LogP contribution is -2.40. The summed E-state index contributed by atoms with van der Waals surface area (Å²) in [5, 5.41) is 7.28. The van der Waals surface area contributed by atoms with Gasteiger partial charge in [0.1, 0.15) is 5.01 Å². The standard InChI is InChI=1S/C24H23N3OS2/c28-23(25-15-18-16-29-22(26-18)17-8-2-1-3-9-17)24(12-6-7-13-24)14-21-27-19-10-4-5-11-20(19)30-21/h1-5,8-11,16H,6-7,12-15H2,(H,25,28). The first-order valence-corrected chi connectivity index (χ1v) is 12.0. The van der Waals surface area contributed by atoms with Crippen LogP contribution in [0.4, 0.5) is 0 Å². The van der Waals surface area contributed by atoms with Crippen molar-refractivity contribution in [3.05, 3.63) is 70.7 Å². The van der Waals surface area contributed by atoms with Crippen LogP contribution in [-0.4, -0.2) is 15.9 Å². The monoisotopic (exact) mass is 433 g/mol. The molecule has 1 saturated carbocycles. The molecule has 30 heavy (non-hydrogen) atoms. The van der Waals surface area contributed by atoms with Gasteiger partial charge in [0.25, 0.3) is 0 Å². The second kappa shape index (κ2) is 8.28. The van der Waals surface area contributed by atoms with Crippen molar-refractivity contribution in [3.63, 3.8) is 0 Å². The van der Waals surface area contributed by atoms with Crippen LogP contribution in [0.15, 0.2) is 60.0 Å². The quantitative estimate of drug-likeness (QED) is 0.416. The molecule has 0 unspecified atom stereocenters. The molecule has 0 spiro atoms. The molecule has 4 nitrogen and oxygen atoms in total. The fourth-order valence-corrected chi connectivity index (χ4v) is 6.22. The highest BCUT2D eigenvalue weighted by Gasteiger charge is 2.41. The minimum atomic E-state index is -0.341. The summed E-state index contributed by atoms with van der Waals surface area (Å²) in [5.41, 5.74) is 2.72. The van der Waals surface area contributed by atoms with E-state index in [0.29, 0.717) is 6.54 Å². The summed E-state index contributed by atoms with van der Waals surface area (Å²) < 4.78 is 1.19. The van der Waals surface area contributed by atoms with E-state index in [2.05, 4.69) is 23.5 Å². The molecular formula is C24H23N3OS2. The van der Waals surface area contributed by atoms with E-state index in [1.54, 1.807) is 22.7 Å². The maximum Gasteiger partial charge on any atom is 0.226 e. The lowest BCUT2D eigenvalue weighted by Gasteiger charge is -2.26. The van der Waals surface area contributed by atoms with Gasteiger partial charge in [-0.2, -0.15) is 0 Å². The van der Waals surface area contributed by atoms with Crippen LogP contribution in [0.5, 0.6) is 0 Å². The van der Waals surface area contributed by atoms with Gasteiger partial charge in [-0.05, 0) is 25.0 Å². The summed E-state index contributed by atoms with van der Waals surface area (Å²) in [6.45, 7) is 0.476. The number of fused-ring (bicyclic) bond motifs is 1. The molecule has 152 valence electrons. The summed E-state index contributed by atoms with van der Waals surface area (Å²) >= 11 is 3.33. The number of carbonyl (C=O) groups excluding carboxylic acids is 1. The third-order valence-corrected chi connectivity index (χ3v) is 7.85. The second-order valence-corrected chi connectivity index (χ2v) is 9.91. The van der Waals surface area contributed by atoms with Crippen LogP contribution in [0.25, 0.3) is 20.8 Å². The molecule has 1 amide bonds. The molecule has 2 heterocycles. The molecule has 0 bridgehead atoms. The van der Waals surface area contributed by atoms with Gasteiger partial charge >= 0.3 is 0 Å². The van der Waals surface area contributed by atoms with Crippen molar-refractivity contribution >= 4 is 38.8 Å². The van der Waals surface area contributed by atoms with Crippen LogP contribution < -0.4 is 5.32 Å². The minimum Gasteiger partial charge on any atom is -0.350 e. The highest BCUT2D eigenvalue weighted by Crippen LogP contribution is 2.42. The summed E-state index contributed by atoms with van der Waals surface area (Å²) in [6.07, 6.45) is 4.80. The Balaban J connectivity index is 1.29. The van der Waals surface area contributed by atoms with Gasteiger partial charge in [0, 0.05) is 17.4 Å². The Morgan fingerprint density at radius 1 is 1.00 bits per heavy atom. The van der Waals surface area contributed by atoms with Crippen molar-refractivity contribution in [2.24, 2.45) is 5.41 Å². The van der Waals surface area contributed by atoms with Gasteiger partial charge in [0.15, 0.2) is 0 Å².